The van der Waals surface area contributed by atoms with Crippen molar-refractivity contribution in [1.29, 1.82) is 5.26 Å². The second kappa shape index (κ2) is 5.15. The van der Waals surface area contributed by atoms with Gasteiger partial charge in [-0.25, -0.2) is 4.98 Å². The Morgan fingerprint density at radius 1 is 1.65 bits per heavy atom. The molecule has 1 fully saturated rings. The molecular weight excluding hydrogens is 212 g/mol. The van der Waals surface area contributed by atoms with Crippen molar-refractivity contribution in [2.45, 2.75) is 25.8 Å². The van der Waals surface area contributed by atoms with Crippen molar-refractivity contribution in [3.05, 3.63) is 23.9 Å². The van der Waals surface area contributed by atoms with Gasteiger partial charge in [0.2, 0.25) is 0 Å². The topological polar surface area (TPSA) is 65.9 Å². The average molecular weight is 230 g/mol. The van der Waals surface area contributed by atoms with Gasteiger partial charge in [-0.05, 0) is 24.5 Å². The molecule has 0 aromatic carbocycles. The van der Waals surface area contributed by atoms with Crippen LogP contribution in [0.1, 0.15) is 25.3 Å². The molecule has 4 heteroatoms. The molecule has 0 radical (unpaired) electrons. The highest BCUT2D eigenvalue weighted by Gasteiger charge is 2.25. The van der Waals surface area contributed by atoms with Gasteiger partial charge in [-0.1, -0.05) is 13.3 Å². The molecule has 0 spiro atoms. The fourth-order valence-corrected chi connectivity index (χ4v) is 2.35. The van der Waals surface area contributed by atoms with Crippen LogP contribution < -0.4 is 10.6 Å². The largest absolute Gasteiger partial charge is 0.356 e. The molecule has 2 unspecified atom stereocenters. The molecule has 4 nitrogen and oxygen atoms in total. The smallest absolute Gasteiger partial charge is 0.129 e. The van der Waals surface area contributed by atoms with Gasteiger partial charge in [0.1, 0.15) is 5.82 Å². The highest BCUT2D eigenvalue weighted by molar-refractivity contribution is 5.45. The lowest BCUT2D eigenvalue weighted by Crippen LogP contribution is -2.47. The Hall–Kier alpha value is -1.60. The van der Waals surface area contributed by atoms with Crippen molar-refractivity contribution in [2.75, 3.05) is 18.0 Å². The molecule has 0 amide bonds. The number of aromatic nitrogens is 1. The third-order valence-corrected chi connectivity index (χ3v) is 3.52. The first kappa shape index (κ1) is 11.9. The number of nitrogens with two attached hydrogens (primary N) is 1. The van der Waals surface area contributed by atoms with Gasteiger partial charge in [0.15, 0.2) is 0 Å². The van der Waals surface area contributed by atoms with E-state index in [1.165, 1.54) is 0 Å². The van der Waals surface area contributed by atoms with Crippen LogP contribution in [-0.2, 0) is 0 Å². The van der Waals surface area contributed by atoms with Gasteiger partial charge in [0.05, 0.1) is 11.6 Å². The second-order valence-electron chi connectivity index (χ2n) is 4.58. The standard InChI is InChI=1S/C13H18N4/c1-2-11-9-17(6-4-12(11)15)13-7-10(8-14)3-5-16-13/h3,5,7,11-12H,2,4,6,9,15H2,1H3. The van der Waals surface area contributed by atoms with Crippen molar-refractivity contribution >= 4 is 5.82 Å². The number of hydrogen-bond acceptors (Lipinski definition) is 4. The molecule has 0 aliphatic carbocycles. The van der Waals surface area contributed by atoms with Crippen molar-refractivity contribution in [1.82, 2.24) is 4.98 Å². The fraction of sp³-hybridized carbons (Fsp3) is 0.538. The minimum atomic E-state index is 0.301. The maximum absolute atomic E-state index is 8.88. The van der Waals surface area contributed by atoms with Crippen LogP contribution >= 0.6 is 0 Å². The van der Waals surface area contributed by atoms with Crippen molar-refractivity contribution < 1.29 is 0 Å². The summed E-state index contributed by atoms with van der Waals surface area (Å²) in [4.78, 5) is 6.57. The van der Waals surface area contributed by atoms with E-state index in [4.69, 9.17) is 11.0 Å². The Morgan fingerprint density at radius 3 is 3.18 bits per heavy atom. The predicted molar refractivity (Wildman–Crippen MR) is 67.5 cm³/mol. The molecule has 2 heterocycles. The molecule has 1 aliphatic heterocycles. The van der Waals surface area contributed by atoms with E-state index in [1.54, 1.807) is 12.3 Å². The Balaban J connectivity index is 2.15. The number of nitrogens with zero attached hydrogens (tertiary/aromatic N) is 3. The Kier molecular flexibility index (Phi) is 3.60. The lowest BCUT2D eigenvalue weighted by molar-refractivity contribution is 0.347. The van der Waals surface area contributed by atoms with E-state index in [2.05, 4.69) is 22.9 Å². The third kappa shape index (κ3) is 2.56. The number of nitriles is 1. The second-order valence-corrected chi connectivity index (χ2v) is 4.58. The quantitative estimate of drug-likeness (QED) is 0.836. The molecule has 0 bridgehead atoms. The average Bonchev–Trinajstić information content (AvgIpc) is 2.39. The van der Waals surface area contributed by atoms with E-state index in [9.17, 15) is 0 Å². The summed E-state index contributed by atoms with van der Waals surface area (Å²) in [7, 11) is 0. The van der Waals surface area contributed by atoms with Gasteiger partial charge in [0.25, 0.3) is 0 Å². The lowest BCUT2D eigenvalue weighted by Gasteiger charge is -2.37. The first-order chi connectivity index (χ1) is 8.24. The molecule has 17 heavy (non-hydrogen) atoms. The van der Waals surface area contributed by atoms with Gasteiger partial charge in [-0.3, -0.25) is 0 Å². The van der Waals surface area contributed by atoms with E-state index < -0.39 is 0 Å². The van der Waals surface area contributed by atoms with Crippen molar-refractivity contribution in [3.8, 4) is 6.07 Å². The summed E-state index contributed by atoms with van der Waals surface area (Å²) in [6.07, 6.45) is 3.79. The molecule has 90 valence electrons. The summed E-state index contributed by atoms with van der Waals surface area (Å²) >= 11 is 0. The Morgan fingerprint density at radius 2 is 2.47 bits per heavy atom. The highest BCUT2D eigenvalue weighted by Crippen LogP contribution is 2.23. The van der Waals surface area contributed by atoms with E-state index >= 15 is 0 Å². The first-order valence-electron chi connectivity index (χ1n) is 6.11. The Labute approximate surface area is 102 Å². The fourth-order valence-electron chi connectivity index (χ4n) is 2.35. The summed E-state index contributed by atoms with van der Waals surface area (Å²) in [6.45, 7) is 4.05. The summed E-state index contributed by atoms with van der Waals surface area (Å²) in [5, 5.41) is 8.88. The molecule has 1 aromatic heterocycles. The van der Waals surface area contributed by atoms with Gasteiger partial charge in [0, 0.05) is 25.3 Å². The van der Waals surface area contributed by atoms with E-state index in [0.29, 0.717) is 17.5 Å². The minimum absolute atomic E-state index is 0.301. The minimum Gasteiger partial charge on any atom is -0.356 e. The molecule has 0 saturated carbocycles. The number of pyridine rings is 1. The normalized spacial score (nSPS) is 24.4. The predicted octanol–water partition coefficient (Wildman–Crippen LogP) is 1.52. The van der Waals surface area contributed by atoms with E-state index in [0.717, 1.165) is 31.7 Å². The van der Waals surface area contributed by atoms with Crippen LogP contribution in [0.15, 0.2) is 18.3 Å². The van der Waals surface area contributed by atoms with Crippen LogP contribution in [0.5, 0.6) is 0 Å². The van der Waals surface area contributed by atoms with Gasteiger partial charge in [-0.15, -0.1) is 0 Å². The summed E-state index contributed by atoms with van der Waals surface area (Å²) in [5.74, 6) is 1.42. The number of anilines is 1. The summed E-state index contributed by atoms with van der Waals surface area (Å²) in [5.41, 5.74) is 6.75. The first-order valence-corrected chi connectivity index (χ1v) is 6.11. The third-order valence-electron chi connectivity index (χ3n) is 3.52. The molecule has 1 aliphatic rings. The van der Waals surface area contributed by atoms with Gasteiger partial charge < -0.3 is 10.6 Å². The highest BCUT2D eigenvalue weighted by atomic mass is 15.2. The maximum atomic E-state index is 8.88. The molecule has 1 saturated heterocycles. The molecule has 2 N–H and O–H groups in total. The number of rotatable bonds is 2. The Bertz CT molecular complexity index is 424. The van der Waals surface area contributed by atoms with Crippen LogP contribution in [0.2, 0.25) is 0 Å². The molecule has 1 aromatic rings. The SMILES string of the molecule is CCC1CN(c2cc(C#N)ccn2)CCC1N. The van der Waals surface area contributed by atoms with Crippen molar-refractivity contribution in [3.63, 3.8) is 0 Å². The monoisotopic (exact) mass is 230 g/mol. The number of piperidine rings is 1. The van der Waals surface area contributed by atoms with Gasteiger partial charge in [-0.2, -0.15) is 5.26 Å². The molecular formula is C13H18N4. The molecule has 2 rings (SSSR count). The van der Waals surface area contributed by atoms with Crippen LogP contribution in [0.3, 0.4) is 0 Å². The van der Waals surface area contributed by atoms with Crippen LogP contribution in [0.4, 0.5) is 5.82 Å². The summed E-state index contributed by atoms with van der Waals surface area (Å²) in [6, 6.07) is 6.03. The summed E-state index contributed by atoms with van der Waals surface area (Å²) < 4.78 is 0. The zero-order valence-corrected chi connectivity index (χ0v) is 10.1. The van der Waals surface area contributed by atoms with Gasteiger partial charge >= 0.3 is 0 Å². The lowest BCUT2D eigenvalue weighted by atomic mass is 9.91. The van der Waals surface area contributed by atoms with Crippen LogP contribution in [0, 0.1) is 17.2 Å². The number of hydrogen-bond donors (Lipinski definition) is 1. The van der Waals surface area contributed by atoms with E-state index in [-0.39, 0.29) is 0 Å². The zero-order chi connectivity index (χ0) is 12.3. The van der Waals surface area contributed by atoms with E-state index in [1.807, 2.05) is 6.07 Å². The van der Waals surface area contributed by atoms with Crippen LogP contribution in [-0.4, -0.2) is 24.1 Å². The van der Waals surface area contributed by atoms with Crippen molar-refractivity contribution in [2.24, 2.45) is 11.7 Å². The molecule has 2 atom stereocenters. The zero-order valence-electron chi connectivity index (χ0n) is 10.1. The maximum Gasteiger partial charge on any atom is 0.129 e. The van der Waals surface area contributed by atoms with Crippen LogP contribution in [0.25, 0.3) is 0 Å².